The molecule has 1 saturated carbocycles. The number of benzene rings is 1. The van der Waals surface area contributed by atoms with Crippen molar-refractivity contribution in [3.05, 3.63) is 48.3 Å². The lowest BCUT2D eigenvalue weighted by Crippen LogP contribution is -2.51. The average molecular weight is 519 g/mol. The fourth-order valence-corrected chi connectivity index (χ4v) is 4.89. The third-order valence-electron chi connectivity index (χ3n) is 6.47. The number of fused-ring (bicyclic) bond motifs is 1. The molecule has 0 radical (unpaired) electrons. The van der Waals surface area contributed by atoms with Gasteiger partial charge in [0.2, 0.25) is 0 Å². The number of ether oxygens (including phenoxy) is 1. The third kappa shape index (κ3) is 6.54. The second kappa shape index (κ2) is 12.0. The van der Waals surface area contributed by atoms with Crippen LogP contribution in [0.4, 0.5) is 13.2 Å². The Bertz CT molecular complexity index is 1200. The SMILES string of the molecule is CCCC.CSc1cc(-c2cnc3ccccn23)cc(OCC2(N)CCCC(C(F)(F)F)C2)c1C#N. The minimum atomic E-state index is -4.27. The number of thioether (sulfide) groups is 1. The van der Waals surface area contributed by atoms with Gasteiger partial charge in [-0.2, -0.15) is 18.4 Å². The van der Waals surface area contributed by atoms with E-state index in [4.69, 9.17) is 10.5 Å². The minimum Gasteiger partial charge on any atom is -0.490 e. The molecule has 36 heavy (non-hydrogen) atoms. The number of nitrogens with two attached hydrogens (primary N) is 1. The van der Waals surface area contributed by atoms with Gasteiger partial charge in [0, 0.05) is 16.7 Å². The first kappa shape index (κ1) is 27.9. The number of nitriles is 1. The average Bonchev–Trinajstić information content (AvgIpc) is 3.31. The van der Waals surface area contributed by atoms with Crippen molar-refractivity contribution in [3.8, 4) is 23.1 Å². The lowest BCUT2D eigenvalue weighted by atomic mass is 9.76. The second-order valence-electron chi connectivity index (χ2n) is 9.22. The summed E-state index contributed by atoms with van der Waals surface area (Å²) in [6.45, 7) is 4.28. The van der Waals surface area contributed by atoms with Gasteiger partial charge < -0.3 is 10.5 Å². The first-order chi connectivity index (χ1) is 17.2. The molecule has 194 valence electrons. The zero-order chi connectivity index (χ0) is 26.3. The predicted molar refractivity (Wildman–Crippen MR) is 138 cm³/mol. The van der Waals surface area contributed by atoms with Gasteiger partial charge in [0.05, 0.1) is 23.3 Å². The minimum absolute atomic E-state index is 0.0846. The molecular formula is C27H33F3N4OS. The highest BCUT2D eigenvalue weighted by Gasteiger charge is 2.46. The Morgan fingerprint density at radius 1 is 1.28 bits per heavy atom. The van der Waals surface area contributed by atoms with Crippen molar-refractivity contribution in [2.24, 2.45) is 11.7 Å². The molecule has 1 aliphatic rings. The summed E-state index contributed by atoms with van der Waals surface area (Å²) in [6.07, 6.45) is 4.62. The Labute approximate surface area is 214 Å². The van der Waals surface area contributed by atoms with Gasteiger partial charge in [-0.3, -0.25) is 4.40 Å². The van der Waals surface area contributed by atoms with Gasteiger partial charge in [0.1, 0.15) is 29.6 Å². The van der Waals surface area contributed by atoms with E-state index in [9.17, 15) is 18.4 Å². The quantitative estimate of drug-likeness (QED) is 0.348. The van der Waals surface area contributed by atoms with Crippen LogP contribution in [0.15, 0.2) is 47.6 Å². The zero-order valence-corrected chi connectivity index (χ0v) is 21.8. The van der Waals surface area contributed by atoms with E-state index in [2.05, 4.69) is 24.9 Å². The maximum Gasteiger partial charge on any atom is 0.391 e. The van der Waals surface area contributed by atoms with Crippen LogP contribution in [0.3, 0.4) is 0 Å². The standard InChI is InChI=1S/C23H23F3N4OS.C4H10/c1-32-20-10-15(18-13-29-21-6-2-3-8-30(18)21)9-19(17(20)12-27)31-14-22(28)7-4-5-16(11-22)23(24,25)26;1-3-4-2/h2-3,6,8-10,13,16H,4-5,7,11,14,28H2,1H3;3-4H2,1-2H3. The smallest absolute Gasteiger partial charge is 0.391 e. The number of pyridine rings is 1. The molecule has 0 amide bonds. The summed E-state index contributed by atoms with van der Waals surface area (Å²) in [6, 6.07) is 11.5. The fourth-order valence-electron chi connectivity index (χ4n) is 4.30. The molecule has 5 nitrogen and oxygen atoms in total. The van der Waals surface area contributed by atoms with Gasteiger partial charge in [0.25, 0.3) is 0 Å². The number of unbranched alkanes of at least 4 members (excludes halogenated alkanes) is 1. The van der Waals surface area contributed by atoms with Crippen LogP contribution in [0, 0.1) is 17.2 Å². The molecule has 2 heterocycles. The number of alkyl halides is 3. The largest absolute Gasteiger partial charge is 0.490 e. The Kier molecular flexibility index (Phi) is 9.31. The highest BCUT2D eigenvalue weighted by Crippen LogP contribution is 2.42. The van der Waals surface area contributed by atoms with E-state index in [1.54, 1.807) is 12.3 Å². The van der Waals surface area contributed by atoms with E-state index in [1.807, 2.05) is 41.1 Å². The van der Waals surface area contributed by atoms with Crippen LogP contribution >= 0.6 is 11.8 Å². The normalized spacial score (nSPS) is 19.9. The number of imidazole rings is 1. The van der Waals surface area contributed by atoms with Crippen LogP contribution < -0.4 is 10.5 Å². The number of rotatable bonds is 6. The van der Waals surface area contributed by atoms with E-state index in [0.29, 0.717) is 29.1 Å². The molecule has 0 bridgehead atoms. The van der Waals surface area contributed by atoms with Crippen molar-refractivity contribution >= 4 is 17.4 Å². The number of halogens is 3. The molecule has 4 rings (SSSR count). The van der Waals surface area contributed by atoms with Gasteiger partial charge in [-0.15, -0.1) is 11.8 Å². The first-order valence-corrected chi connectivity index (χ1v) is 13.4. The van der Waals surface area contributed by atoms with Crippen molar-refractivity contribution in [1.82, 2.24) is 9.38 Å². The zero-order valence-electron chi connectivity index (χ0n) is 20.9. The summed E-state index contributed by atoms with van der Waals surface area (Å²) in [7, 11) is 0. The fraction of sp³-hybridized carbons (Fsp3) is 0.481. The summed E-state index contributed by atoms with van der Waals surface area (Å²) in [5.74, 6) is -1.11. The van der Waals surface area contributed by atoms with Crippen LogP contribution in [0.1, 0.15) is 57.9 Å². The van der Waals surface area contributed by atoms with Crippen LogP contribution in [-0.2, 0) is 0 Å². The van der Waals surface area contributed by atoms with Crippen molar-refractivity contribution in [2.75, 3.05) is 12.9 Å². The summed E-state index contributed by atoms with van der Waals surface area (Å²) >= 11 is 1.40. The molecule has 2 atom stereocenters. The molecular weight excluding hydrogens is 485 g/mol. The van der Waals surface area contributed by atoms with Crippen LogP contribution in [0.5, 0.6) is 5.75 Å². The second-order valence-corrected chi connectivity index (χ2v) is 10.1. The molecule has 2 unspecified atom stereocenters. The summed E-state index contributed by atoms with van der Waals surface area (Å²) in [4.78, 5) is 5.12. The maximum absolute atomic E-state index is 13.3. The van der Waals surface area contributed by atoms with Crippen molar-refractivity contribution in [1.29, 1.82) is 5.26 Å². The molecule has 1 aliphatic carbocycles. The van der Waals surface area contributed by atoms with Gasteiger partial charge >= 0.3 is 6.18 Å². The van der Waals surface area contributed by atoms with Gasteiger partial charge in [-0.05, 0) is 49.8 Å². The van der Waals surface area contributed by atoms with Crippen LogP contribution in [0.25, 0.3) is 16.9 Å². The molecule has 2 aromatic heterocycles. The molecule has 9 heteroatoms. The molecule has 1 fully saturated rings. The van der Waals surface area contributed by atoms with Crippen LogP contribution in [0.2, 0.25) is 0 Å². The van der Waals surface area contributed by atoms with E-state index in [0.717, 1.165) is 16.9 Å². The van der Waals surface area contributed by atoms with E-state index >= 15 is 0 Å². The lowest BCUT2D eigenvalue weighted by molar-refractivity contribution is -0.188. The van der Waals surface area contributed by atoms with E-state index in [-0.39, 0.29) is 19.4 Å². The number of hydrogen-bond acceptors (Lipinski definition) is 5. The Balaban J connectivity index is 0.000000840. The molecule has 0 saturated heterocycles. The number of nitrogens with zero attached hydrogens (tertiary/aromatic N) is 3. The molecule has 2 N–H and O–H groups in total. The third-order valence-corrected chi connectivity index (χ3v) is 7.23. The topological polar surface area (TPSA) is 76.3 Å². The summed E-state index contributed by atoms with van der Waals surface area (Å²) in [5.41, 5.74) is 7.99. The summed E-state index contributed by atoms with van der Waals surface area (Å²) < 4.78 is 47.7. The van der Waals surface area contributed by atoms with Gasteiger partial charge in [-0.1, -0.05) is 39.2 Å². The van der Waals surface area contributed by atoms with Crippen LogP contribution in [-0.4, -0.2) is 34.0 Å². The number of hydrogen-bond donors (Lipinski definition) is 1. The van der Waals surface area contributed by atoms with Crippen molar-refractivity contribution in [2.45, 2.75) is 69.0 Å². The van der Waals surface area contributed by atoms with Crippen molar-refractivity contribution in [3.63, 3.8) is 0 Å². The molecule has 1 aromatic carbocycles. The van der Waals surface area contributed by atoms with Crippen molar-refractivity contribution < 1.29 is 17.9 Å². The maximum atomic E-state index is 13.3. The summed E-state index contributed by atoms with van der Waals surface area (Å²) in [5, 5.41) is 9.73. The Hall–Kier alpha value is -2.70. The van der Waals surface area contributed by atoms with E-state index in [1.165, 1.54) is 24.6 Å². The molecule has 3 aromatic rings. The molecule has 0 aliphatic heterocycles. The number of aromatic nitrogens is 2. The monoisotopic (exact) mass is 518 g/mol. The van der Waals surface area contributed by atoms with Gasteiger partial charge in [-0.25, -0.2) is 4.98 Å². The van der Waals surface area contributed by atoms with Gasteiger partial charge in [0.15, 0.2) is 0 Å². The Morgan fingerprint density at radius 3 is 2.67 bits per heavy atom. The lowest BCUT2D eigenvalue weighted by Gasteiger charge is -2.38. The Morgan fingerprint density at radius 2 is 2.03 bits per heavy atom. The predicted octanol–water partition coefficient (Wildman–Crippen LogP) is 7.23. The first-order valence-electron chi connectivity index (χ1n) is 12.2. The molecule has 0 spiro atoms. The van der Waals surface area contributed by atoms with E-state index < -0.39 is 17.6 Å². The highest BCUT2D eigenvalue weighted by molar-refractivity contribution is 7.98. The highest BCUT2D eigenvalue weighted by atomic mass is 32.2.